The molecule has 3 rings (SSSR count). The van der Waals surface area contributed by atoms with E-state index in [4.69, 9.17) is 14.2 Å². The molecule has 1 heterocycles. The maximum Gasteiger partial charge on any atom is 0.340 e. The summed E-state index contributed by atoms with van der Waals surface area (Å²) in [5.41, 5.74) is 4.60. The van der Waals surface area contributed by atoms with Gasteiger partial charge in [0, 0.05) is 23.0 Å². The van der Waals surface area contributed by atoms with Gasteiger partial charge in [-0.3, -0.25) is 9.69 Å². The second-order valence-electron chi connectivity index (χ2n) is 7.26. The van der Waals surface area contributed by atoms with Gasteiger partial charge in [-0.05, 0) is 69.2 Å². The number of rotatable bonds is 6. The first kappa shape index (κ1) is 22.2. The molecule has 162 valence electrons. The largest absolute Gasteiger partial charge is 0.497 e. The van der Waals surface area contributed by atoms with Crippen molar-refractivity contribution in [2.75, 3.05) is 25.7 Å². The lowest BCUT2D eigenvalue weighted by Crippen LogP contribution is -2.24. The minimum atomic E-state index is -0.529. The number of esters is 1. The first-order valence-electron chi connectivity index (χ1n) is 10.1. The quantitative estimate of drug-likeness (QED) is 0.504. The van der Waals surface area contributed by atoms with Crippen LogP contribution in [0.4, 0.5) is 5.69 Å². The molecule has 0 fully saturated rings. The summed E-state index contributed by atoms with van der Waals surface area (Å²) in [6.07, 6.45) is 1.66. The van der Waals surface area contributed by atoms with Crippen molar-refractivity contribution in [3.8, 4) is 11.5 Å². The third kappa shape index (κ3) is 4.19. The monoisotopic (exact) mass is 421 g/mol. The molecule has 0 radical (unpaired) electrons. The Morgan fingerprint density at radius 2 is 1.74 bits per heavy atom. The van der Waals surface area contributed by atoms with Crippen LogP contribution in [-0.4, -0.2) is 32.7 Å². The molecule has 6 nitrogen and oxygen atoms in total. The molecular weight excluding hydrogens is 394 g/mol. The van der Waals surface area contributed by atoms with Crippen molar-refractivity contribution >= 4 is 23.6 Å². The van der Waals surface area contributed by atoms with Crippen molar-refractivity contribution < 1.29 is 23.8 Å². The fourth-order valence-electron chi connectivity index (χ4n) is 3.55. The lowest BCUT2D eigenvalue weighted by molar-refractivity contribution is -0.138. The molecule has 2 aromatic carbocycles. The van der Waals surface area contributed by atoms with Gasteiger partial charge in [0.15, 0.2) is 0 Å². The van der Waals surface area contributed by atoms with Crippen LogP contribution in [0.3, 0.4) is 0 Å². The van der Waals surface area contributed by atoms with Crippen molar-refractivity contribution in [1.82, 2.24) is 0 Å². The standard InChI is InChI=1S/C25H27NO5/c1-7-31-25(28)23-17(4)26(19-10-8-15(2)16(3)12-19)24(27)21(23)13-18-9-11-20(29-5)14-22(18)30-6/h8-14H,7H2,1-6H3/b21-13+. The molecule has 6 heteroatoms. The van der Waals surface area contributed by atoms with E-state index in [0.29, 0.717) is 28.4 Å². The Morgan fingerprint density at radius 3 is 2.35 bits per heavy atom. The van der Waals surface area contributed by atoms with E-state index in [0.717, 1.165) is 11.1 Å². The number of allylic oxidation sites excluding steroid dienone is 1. The number of hydrogen-bond donors (Lipinski definition) is 0. The maximum atomic E-state index is 13.5. The number of aryl methyl sites for hydroxylation is 2. The minimum absolute atomic E-state index is 0.215. The predicted molar refractivity (Wildman–Crippen MR) is 120 cm³/mol. The Morgan fingerprint density at radius 1 is 1.00 bits per heavy atom. The van der Waals surface area contributed by atoms with Gasteiger partial charge in [-0.15, -0.1) is 0 Å². The van der Waals surface area contributed by atoms with Crippen LogP contribution in [0.25, 0.3) is 6.08 Å². The molecule has 0 atom stereocenters. The van der Waals surface area contributed by atoms with E-state index in [1.54, 1.807) is 57.2 Å². The van der Waals surface area contributed by atoms with Gasteiger partial charge < -0.3 is 14.2 Å². The summed E-state index contributed by atoms with van der Waals surface area (Å²) < 4.78 is 16.0. The van der Waals surface area contributed by atoms with Gasteiger partial charge in [-0.25, -0.2) is 4.79 Å². The van der Waals surface area contributed by atoms with Crippen molar-refractivity contribution in [3.63, 3.8) is 0 Å². The molecule has 31 heavy (non-hydrogen) atoms. The van der Waals surface area contributed by atoms with Crippen LogP contribution >= 0.6 is 0 Å². The van der Waals surface area contributed by atoms with E-state index in [-0.39, 0.29) is 23.7 Å². The average Bonchev–Trinajstić information content (AvgIpc) is 3.00. The Hall–Kier alpha value is -3.54. The summed E-state index contributed by atoms with van der Waals surface area (Å²) in [6, 6.07) is 11.1. The van der Waals surface area contributed by atoms with Gasteiger partial charge in [0.1, 0.15) is 11.5 Å². The summed E-state index contributed by atoms with van der Waals surface area (Å²) >= 11 is 0. The highest BCUT2D eigenvalue weighted by atomic mass is 16.5. The van der Waals surface area contributed by atoms with Crippen LogP contribution in [0, 0.1) is 13.8 Å². The molecule has 1 aliphatic heterocycles. The lowest BCUT2D eigenvalue weighted by Gasteiger charge is -2.19. The number of carbonyl (C=O) groups is 2. The van der Waals surface area contributed by atoms with Crippen molar-refractivity contribution in [2.45, 2.75) is 27.7 Å². The molecule has 0 aliphatic carbocycles. The van der Waals surface area contributed by atoms with Gasteiger partial charge in [0.05, 0.1) is 32.0 Å². The van der Waals surface area contributed by atoms with Crippen LogP contribution < -0.4 is 14.4 Å². The van der Waals surface area contributed by atoms with E-state index < -0.39 is 5.97 Å². The second kappa shape index (κ2) is 9.08. The first-order chi connectivity index (χ1) is 14.8. The third-order valence-electron chi connectivity index (χ3n) is 5.37. The fraction of sp³-hybridized carbons (Fsp3) is 0.280. The zero-order chi connectivity index (χ0) is 22.7. The molecule has 0 spiro atoms. The van der Waals surface area contributed by atoms with E-state index in [2.05, 4.69) is 0 Å². The molecule has 2 aromatic rings. The molecule has 0 aromatic heterocycles. The second-order valence-corrected chi connectivity index (χ2v) is 7.26. The maximum absolute atomic E-state index is 13.5. The normalized spacial score (nSPS) is 15.0. The van der Waals surface area contributed by atoms with Crippen LogP contribution in [-0.2, 0) is 14.3 Å². The number of hydrogen-bond acceptors (Lipinski definition) is 5. The van der Waals surface area contributed by atoms with E-state index >= 15 is 0 Å². The summed E-state index contributed by atoms with van der Waals surface area (Å²) in [6.45, 7) is 7.71. The summed E-state index contributed by atoms with van der Waals surface area (Å²) in [5, 5.41) is 0. The molecule has 0 unspecified atom stereocenters. The average molecular weight is 421 g/mol. The molecule has 1 amide bonds. The first-order valence-corrected chi connectivity index (χ1v) is 10.1. The summed E-state index contributed by atoms with van der Waals surface area (Å²) in [4.78, 5) is 27.9. The number of methoxy groups -OCH3 is 2. The summed E-state index contributed by atoms with van der Waals surface area (Å²) in [5.74, 6) is 0.344. The highest BCUT2D eigenvalue weighted by Gasteiger charge is 2.38. The van der Waals surface area contributed by atoms with Crippen LogP contribution in [0.2, 0.25) is 0 Å². The Kier molecular flexibility index (Phi) is 6.49. The van der Waals surface area contributed by atoms with Gasteiger partial charge in [0.2, 0.25) is 0 Å². The Labute approximate surface area is 182 Å². The number of nitrogens with zero attached hydrogens (tertiary/aromatic N) is 1. The molecule has 1 aliphatic rings. The number of carbonyl (C=O) groups excluding carboxylic acids is 2. The molecule has 0 saturated carbocycles. The fourth-order valence-corrected chi connectivity index (χ4v) is 3.55. The number of anilines is 1. The molecule has 0 saturated heterocycles. The van der Waals surface area contributed by atoms with Gasteiger partial charge in [-0.1, -0.05) is 6.07 Å². The van der Waals surface area contributed by atoms with Crippen molar-refractivity contribution in [3.05, 3.63) is 69.9 Å². The Balaban J connectivity index is 2.17. The lowest BCUT2D eigenvalue weighted by atomic mass is 10.0. The van der Waals surface area contributed by atoms with Crippen LogP contribution in [0.5, 0.6) is 11.5 Å². The highest BCUT2D eigenvalue weighted by molar-refractivity contribution is 6.24. The van der Waals surface area contributed by atoms with Gasteiger partial charge in [-0.2, -0.15) is 0 Å². The van der Waals surface area contributed by atoms with E-state index in [1.807, 2.05) is 32.0 Å². The van der Waals surface area contributed by atoms with Gasteiger partial charge >= 0.3 is 5.97 Å². The van der Waals surface area contributed by atoms with Crippen molar-refractivity contribution in [2.24, 2.45) is 0 Å². The Bertz CT molecular complexity index is 1100. The number of amides is 1. The molecular formula is C25H27NO5. The van der Waals surface area contributed by atoms with Crippen molar-refractivity contribution in [1.29, 1.82) is 0 Å². The number of ether oxygens (including phenoxy) is 3. The highest BCUT2D eigenvalue weighted by Crippen LogP contribution is 2.37. The van der Waals surface area contributed by atoms with E-state index in [1.165, 1.54) is 0 Å². The van der Waals surface area contributed by atoms with Gasteiger partial charge in [0.25, 0.3) is 5.91 Å². The smallest absolute Gasteiger partial charge is 0.340 e. The van der Waals surface area contributed by atoms with E-state index in [9.17, 15) is 9.59 Å². The molecule has 0 N–H and O–H groups in total. The third-order valence-corrected chi connectivity index (χ3v) is 5.37. The SMILES string of the molecule is CCOC(=O)C1=C(C)N(c2ccc(C)c(C)c2)C(=O)/C1=C/c1ccc(OC)cc1OC. The molecule has 0 bridgehead atoms. The zero-order valence-corrected chi connectivity index (χ0v) is 18.7. The zero-order valence-electron chi connectivity index (χ0n) is 18.7. The summed E-state index contributed by atoms with van der Waals surface area (Å²) in [7, 11) is 3.11. The number of benzene rings is 2. The van der Waals surface area contributed by atoms with Crippen LogP contribution in [0.15, 0.2) is 53.2 Å². The van der Waals surface area contributed by atoms with Crippen LogP contribution in [0.1, 0.15) is 30.5 Å². The topological polar surface area (TPSA) is 65.1 Å². The minimum Gasteiger partial charge on any atom is -0.497 e. The predicted octanol–water partition coefficient (Wildman–Crippen LogP) is 4.59.